The smallest absolute Gasteiger partial charge is 0.157 e. The maximum Gasteiger partial charge on any atom is 0.157 e. The van der Waals surface area contributed by atoms with Gasteiger partial charge in [0.25, 0.3) is 0 Å². The zero-order valence-corrected chi connectivity index (χ0v) is 9.26. The van der Waals surface area contributed by atoms with Gasteiger partial charge < -0.3 is 4.98 Å². The molecule has 0 aliphatic carbocycles. The van der Waals surface area contributed by atoms with E-state index in [1.54, 1.807) is 12.4 Å². The molecule has 1 N–H and O–H groups in total. The SMILES string of the molecule is BCC(=O)c1c[nH]c2ncc(Br)cc12. The Morgan fingerprint density at radius 2 is 2.43 bits per heavy atom. The van der Waals surface area contributed by atoms with Crippen molar-refractivity contribution < 1.29 is 4.79 Å². The number of carbonyl (C=O) groups excluding carboxylic acids is 1. The molecule has 0 aliphatic rings. The fourth-order valence-electron chi connectivity index (χ4n) is 1.40. The first-order valence-electron chi connectivity index (χ1n) is 4.38. The first-order chi connectivity index (χ1) is 6.72. The van der Waals surface area contributed by atoms with Crippen LogP contribution in [0.1, 0.15) is 10.4 Å². The van der Waals surface area contributed by atoms with Crippen molar-refractivity contribution >= 4 is 40.6 Å². The third kappa shape index (κ3) is 1.48. The highest BCUT2D eigenvalue weighted by atomic mass is 79.9. The van der Waals surface area contributed by atoms with Crippen molar-refractivity contribution in [2.75, 3.05) is 0 Å². The molecule has 0 aliphatic heterocycles. The van der Waals surface area contributed by atoms with Crippen LogP contribution in [-0.4, -0.2) is 23.6 Å². The van der Waals surface area contributed by atoms with Gasteiger partial charge in [-0.2, -0.15) is 0 Å². The molecule has 0 bridgehead atoms. The maximum absolute atomic E-state index is 11.5. The Morgan fingerprint density at radius 3 is 3.14 bits per heavy atom. The van der Waals surface area contributed by atoms with E-state index < -0.39 is 0 Å². The highest BCUT2D eigenvalue weighted by Crippen LogP contribution is 2.21. The summed E-state index contributed by atoms with van der Waals surface area (Å²) >= 11 is 3.33. The molecule has 14 heavy (non-hydrogen) atoms. The fraction of sp³-hybridized carbons (Fsp3) is 0.111. The standard InChI is InChI=1S/C9H8BBrN2O/c10-2-8(14)7-4-13-9-6(7)1-5(11)3-12-9/h1,3-4H,2,10H2,(H,12,13). The molecule has 0 spiro atoms. The molecule has 2 aromatic rings. The second-order valence-corrected chi connectivity index (χ2v) is 3.94. The van der Waals surface area contributed by atoms with Crippen LogP contribution in [0.25, 0.3) is 11.0 Å². The van der Waals surface area contributed by atoms with Crippen LogP contribution in [0.2, 0.25) is 6.32 Å². The third-order valence-electron chi connectivity index (χ3n) is 2.12. The van der Waals surface area contributed by atoms with Gasteiger partial charge in [-0.15, -0.1) is 0 Å². The lowest BCUT2D eigenvalue weighted by atomic mass is 9.96. The third-order valence-corrected chi connectivity index (χ3v) is 2.55. The summed E-state index contributed by atoms with van der Waals surface area (Å²) in [5.41, 5.74) is 1.47. The van der Waals surface area contributed by atoms with E-state index in [1.165, 1.54) is 0 Å². The highest BCUT2D eigenvalue weighted by Gasteiger charge is 2.10. The molecule has 0 amide bonds. The Morgan fingerprint density at radius 1 is 1.64 bits per heavy atom. The number of aromatic nitrogens is 2. The average molecular weight is 251 g/mol. The Kier molecular flexibility index (Phi) is 2.41. The molecule has 0 unspecified atom stereocenters. The number of hydrogen-bond donors (Lipinski definition) is 1. The van der Waals surface area contributed by atoms with Crippen molar-refractivity contribution in [1.82, 2.24) is 9.97 Å². The van der Waals surface area contributed by atoms with E-state index in [1.807, 2.05) is 13.9 Å². The quantitative estimate of drug-likeness (QED) is 0.650. The summed E-state index contributed by atoms with van der Waals surface area (Å²) in [5, 5.41) is 0.881. The van der Waals surface area contributed by atoms with Gasteiger partial charge in [0, 0.05) is 27.8 Å². The number of rotatable bonds is 2. The minimum absolute atomic E-state index is 0.135. The molecule has 2 aromatic heterocycles. The number of Topliss-reactive ketones (excluding diaryl/α,β-unsaturated/α-hetero) is 1. The number of H-pyrrole nitrogens is 1. The van der Waals surface area contributed by atoms with Crippen LogP contribution in [0.4, 0.5) is 0 Å². The second-order valence-electron chi connectivity index (χ2n) is 3.03. The molecular weight excluding hydrogens is 243 g/mol. The molecule has 0 saturated heterocycles. The summed E-state index contributed by atoms with van der Waals surface area (Å²) in [6.45, 7) is 0. The van der Waals surface area contributed by atoms with Crippen LogP contribution in [0.15, 0.2) is 22.9 Å². The van der Waals surface area contributed by atoms with Gasteiger partial charge in [-0.3, -0.25) is 4.79 Å². The van der Waals surface area contributed by atoms with Crippen LogP contribution in [0.5, 0.6) is 0 Å². The minimum atomic E-state index is 0.135. The topological polar surface area (TPSA) is 45.8 Å². The van der Waals surface area contributed by atoms with E-state index >= 15 is 0 Å². The van der Waals surface area contributed by atoms with Crippen LogP contribution < -0.4 is 0 Å². The molecule has 0 fully saturated rings. The number of pyridine rings is 1. The highest BCUT2D eigenvalue weighted by molar-refractivity contribution is 9.10. The van der Waals surface area contributed by atoms with Gasteiger partial charge in [0.1, 0.15) is 13.5 Å². The Balaban J connectivity index is 2.67. The summed E-state index contributed by atoms with van der Waals surface area (Å²) in [6.07, 6.45) is 3.94. The second kappa shape index (κ2) is 3.57. The van der Waals surface area contributed by atoms with Crippen molar-refractivity contribution in [2.45, 2.75) is 6.32 Å². The van der Waals surface area contributed by atoms with Gasteiger partial charge in [0.05, 0.1) is 0 Å². The lowest BCUT2D eigenvalue weighted by Gasteiger charge is -1.95. The van der Waals surface area contributed by atoms with E-state index in [9.17, 15) is 4.79 Å². The molecule has 5 heteroatoms. The van der Waals surface area contributed by atoms with Crippen LogP contribution >= 0.6 is 15.9 Å². The monoisotopic (exact) mass is 250 g/mol. The van der Waals surface area contributed by atoms with Crippen LogP contribution in [0, 0.1) is 0 Å². The Bertz CT molecular complexity index is 495. The molecule has 0 aromatic carbocycles. The van der Waals surface area contributed by atoms with Gasteiger partial charge in [0.2, 0.25) is 0 Å². The van der Waals surface area contributed by atoms with Crippen molar-refractivity contribution in [2.24, 2.45) is 0 Å². The summed E-state index contributed by atoms with van der Waals surface area (Å²) < 4.78 is 0.884. The van der Waals surface area contributed by atoms with Gasteiger partial charge in [-0.05, 0) is 28.3 Å². The normalized spacial score (nSPS) is 10.6. The van der Waals surface area contributed by atoms with Crippen LogP contribution in [-0.2, 0) is 0 Å². The molecule has 0 radical (unpaired) electrons. The van der Waals surface area contributed by atoms with Crippen molar-refractivity contribution in [3.05, 3.63) is 28.5 Å². The number of halogens is 1. The lowest BCUT2D eigenvalue weighted by molar-refractivity contribution is 0.101. The van der Waals surface area contributed by atoms with Crippen molar-refractivity contribution in [3.63, 3.8) is 0 Å². The largest absolute Gasteiger partial charge is 0.345 e. The Labute approximate surface area is 90.5 Å². The zero-order chi connectivity index (χ0) is 10.1. The minimum Gasteiger partial charge on any atom is -0.345 e. The lowest BCUT2D eigenvalue weighted by Crippen LogP contribution is -1.95. The number of fused-ring (bicyclic) bond motifs is 1. The number of aromatic amines is 1. The van der Waals surface area contributed by atoms with Gasteiger partial charge in [0.15, 0.2) is 5.78 Å². The van der Waals surface area contributed by atoms with Gasteiger partial charge in [-0.1, -0.05) is 0 Å². The molecular formula is C9H8BBrN2O. The van der Waals surface area contributed by atoms with E-state index in [2.05, 4.69) is 25.9 Å². The first kappa shape index (κ1) is 9.46. The number of carbonyl (C=O) groups is 1. The van der Waals surface area contributed by atoms with E-state index in [-0.39, 0.29) is 5.78 Å². The van der Waals surface area contributed by atoms with E-state index in [0.29, 0.717) is 6.32 Å². The first-order valence-corrected chi connectivity index (χ1v) is 5.17. The molecule has 0 saturated carbocycles. The average Bonchev–Trinajstić information content (AvgIpc) is 2.59. The summed E-state index contributed by atoms with van der Waals surface area (Å²) in [6, 6.07) is 1.90. The summed E-state index contributed by atoms with van der Waals surface area (Å²) in [4.78, 5) is 18.7. The number of hydrogen-bond acceptors (Lipinski definition) is 2. The predicted molar refractivity (Wildman–Crippen MR) is 61.5 cm³/mol. The van der Waals surface area contributed by atoms with Gasteiger partial charge in [-0.25, -0.2) is 4.98 Å². The molecule has 0 atom stereocenters. The van der Waals surface area contributed by atoms with E-state index in [4.69, 9.17) is 0 Å². The summed E-state index contributed by atoms with van der Waals surface area (Å²) in [5.74, 6) is 0.135. The predicted octanol–water partition coefficient (Wildman–Crippen LogP) is 1.56. The number of nitrogens with one attached hydrogen (secondary N) is 1. The van der Waals surface area contributed by atoms with Crippen molar-refractivity contribution in [3.8, 4) is 0 Å². The molecule has 3 nitrogen and oxygen atoms in total. The zero-order valence-electron chi connectivity index (χ0n) is 7.67. The number of nitrogens with zero attached hydrogens (tertiary/aromatic N) is 1. The maximum atomic E-state index is 11.5. The molecule has 70 valence electrons. The molecule has 2 heterocycles. The van der Waals surface area contributed by atoms with Gasteiger partial charge >= 0.3 is 0 Å². The summed E-state index contributed by atoms with van der Waals surface area (Å²) in [7, 11) is 1.85. The fourth-order valence-corrected chi connectivity index (χ4v) is 1.73. The molecule has 2 rings (SSSR count). The number of ketones is 1. The Hall–Kier alpha value is -1.10. The van der Waals surface area contributed by atoms with E-state index in [0.717, 1.165) is 21.1 Å². The van der Waals surface area contributed by atoms with Crippen LogP contribution in [0.3, 0.4) is 0 Å². The van der Waals surface area contributed by atoms with Crippen molar-refractivity contribution in [1.29, 1.82) is 0 Å².